The number of hydrogen-bond donors (Lipinski definition) is 0. The van der Waals surface area contributed by atoms with E-state index in [4.69, 9.17) is 9.47 Å². The topological polar surface area (TPSA) is 68.2 Å². The van der Waals surface area contributed by atoms with E-state index in [0.717, 1.165) is 15.9 Å². The lowest BCUT2D eigenvalue weighted by molar-refractivity contribution is -0.140. The van der Waals surface area contributed by atoms with Crippen LogP contribution in [0.2, 0.25) is 0 Å². The normalized spacial score (nSPS) is 28.5. The molecule has 4 atom stereocenters. The Morgan fingerprint density at radius 2 is 1.71 bits per heavy atom. The predicted octanol–water partition coefficient (Wildman–Crippen LogP) is 3.78. The van der Waals surface area contributed by atoms with Crippen LogP contribution >= 0.6 is 15.9 Å². The van der Waals surface area contributed by atoms with Crippen LogP contribution in [-0.4, -0.2) is 35.7 Å². The molecule has 1 saturated carbocycles. The fourth-order valence-corrected chi connectivity index (χ4v) is 4.76. The summed E-state index contributed by atoms with van der Waals surface area (Å²) in [5.41, 5.74) is 0.318. The zero-order chi connectivity index (χ0) is 20.2. The Morgan fingerprint density at radius 3 is 2.25 bits per heavy atom. The Kier molecular flexibility index (Phi) is 4.61. The molecule has 2 bridgehead atoms. The van der Waals surface area contributed by atoms with E-state index in [1.54, 1.807) is 19.2 Å². The summed E-state index contributed by atoms with van der Waals surface area (Å²) in [6.07, 6.45) is 6.56. The Balaban J connectivity index is 1.58. The molecular formula is C21H23BrN2O4. The second-order valence-electron chi connectivity index (χ2n) is 8.47. The lowest BCUT2D eigenvalue weighted by Gasteiger charge is -2.23. The number of ether oxygens (including phenoxy) is 2. The van der Waals surface area contributed by atoms with Crippen molar-refractivity contribution < 1.29 is 19.1 Å². The van der Waals surface area contributed by atoms with Crippen LogP contribution in [0.4, 0.5) is 0 Å². The molecule has 3 aliphatic rings. The molecule has 148 valence electrons. The molecule has 7 heteroatoms. The van der Waals surface area contributed by atoms with Crippen molar-refractivity contribution in [2.75, 3.05) is 7.11 Å². The first-order valence-electron chi connectivity index (χ1n) is 9.36. The zero-order valence-electron chi connectivity index (χ0n) is 16.3. The van der Waals surface area contributed by atoms with Crippen LogP contribution in [0.25, 0.3) is 0 Å². The molecule has 0 aromatic heterocycles. The van der Waals surface area contributed by atoms with E-state index in [2.05, 4.69) is 33.2 Å². The zero-order valence-corrected chi connectivity index (χ0v) is 17.9. The van der Waals surface area contributed by atoms with Crippen molar-refractivity contribution in [3.63, 3.8) is 0 Å². The Morgan fingerprint density at radius 1 is 1.11 bits per heavy atom. The molecule has 0 spiro atoms. The number of hydrazone groups is 1. The highest BCUT2D eigenvalue weighted by Gasteiger charge is 2.59. The third-order valence-electron chi connectivity index (χ3n) is 5.46. The van der Waals surface area contributed by atoms with Crippen LogP contribution in [0.15, 0.2) is 33.9 Å². The fourth-order valence-electron chi connectivity index (χ4n) is 4.34. The minimum absolute atomic E-state index is 0.173. The second kappa shape index (κ2) is 6.72. The largest absolute Gasteiger partial charge is 0.493 e. The van der Waals surface area contributed by atoms with Gasteiger partial charge in [-0.25, -0.2) is 0 Å². The number of methoxy groups -OCH3 is 1. The van der Waals surface area contributed by atoms with E-state index in [0.29, 0.717) is 17.1 Å². The highest BCUT2D eigenvalue weighted by molar-refractivity contribution is 9.10. The molecule has 4 rings (SSSR count). The van der Waals surface area contributed by atoms with Crippen LogP contribution in [-0.2, 0) is 9.59 Å². The number of carbonyl (C=O) groups is 2. The van der Waals surface area contributed by atoms with Gasteiger partial charge in [-0.15, -0.1) is 0 Å². The lowest BCUT2D eigenvalue weighted by Crippen LogP contribution is -2.28. The van der Waals surface area contributed by atoms with Crippen LogP contribution in [0.5, 0.6) is 11.5 Å². The maximum atomic E-state index is 12.7. The number of nitrogens with zero attached hydrogens (tertiary/aromatic N) is 2. The molecule has 28 heavy (non-hydrogen) atoms. The fraction of sp³-hybridized carbons (Fsp3) is 0.476. The Hall–Kier alpha value is -2.15. The average Bonchev–Trinajstić information content (AvgIpc) is 3.28. The molecule has 2 fully saturated rings. The van der Waals surface area contributed by atoms with Gasteiger partial charge in [0.25, 0.3) is 11.8 Å². The molecule has 4 unspecified atom stereocenters. The van der Waals surface area contributed by atoms with Crippen LogP contribution in [0.3, 0.4) is 0 Å². The smallest absolute Gasteiger partial charge is 0.254 e. The summed E-state index contributed by atoms with van der Waals surface area (Å²) in [5.74, 6) is 0.611. The first-order chi connectivity index (χ1) is 13.2. The molecule has 0 radical (unpaired) electrons. The quantitative estimate of drug-likeness (QED) is 0.400. The molecule has 1 saturated heterocycles. The van der Waals surface area contributed by atoms with Crippen molar-refractivity contribution in [3.05, 3.63) is 34.3 Å². The molecule has 1 aromatic rings. The Bertz CT molecular complexity index is 872. The van der Waals surface area contributed by atoms with Gasteiger partial charge in [0.05, 0.1) is 25.2 Å². The second-order valence-corrected chi connectivity index (χ2v) is 9.33. The molecular weight excluding hydrogens is 424 g/mol. The number of allylic oxidation sites excluding steroid dienone is 2. The number of imide groups is 1. The number of fused-ring (bicyclic) bond motifs is 5. The number of rotatable bonds is 4. The van der Waals surface area contributed by atoms with Crippen molar-refractivity contribution in [2.24, 2.45) is 28.8 Å². The van der Waals surface area contributed by atoms with Crippen molar-refractivity contribution in [1.29, 1.82) is 0 Å². The summed E-state index contributed by atoms with van der Waals surface area (Å²) >= 11 is 3.51. The number of carbonyl (C=O) groups excluding carboxylic acids is 2. The summed E-state index contributed by atoms with van der Waals surface area (Å²) < 4.78 is 12.1. The van der Waals surface area contributed by atoms with Gasteiger partial charge in [0.2, 0.25) is 0 Å². The standard InChI is InChI=1S/C21H23BrN2O4/c1-21(2,3)28-16-9-14(22)13(8-15(16)27-4)10-23-24-19(25)17-11-5-6-12(7-11)18(17)20(24)26/h5-6,8-12,17-18H,7H2,1-4H3. The van der Waals surface area contributed by atoms with E-state index in [1.165, 1.54) is 6.21 Å². The SMILES string of the molecule is COc1cc(C=NN2C(=O)C3C4C=CC(C4)C3C2=O)c(Br)cc1OC(C)(C)C. The van der Waals surface area contributed by atoms with Gasteiger partial charge in [0, 0.05) is 10.0 Å². The van der Waals surface area contributed by atoms with Gasteiger partial charge in [-0.1, -0.05) is 12.2 Å². The van der Waals surface area contributed by atoms with Crippen LogP contribution in [0.1, 0.15) is 32.8 Å². The predicted molar refractivity (Wildman–Crippen MR) is 108 cm³/mol. The van der Waals surface area contributed by atoms with Gasteiger partial charge in [-0.3, -0.25) is 9.59 Å². The first-order valence-corrected chi connectivity index (χ1v) is 10.2. The Labute approximate surface area is 172 Å². The van der Waals surface area contributed by atoms with E-state index < -0.39 is 0 Å². The summed E-state index contributed by atoms with van der Waals surface area (Å²) in [7, 11) is 1.57. The van der Waals surface area contributed by atoms with Crippen molar-refractivity contribution in [2.45, 2.75) is 32.8 Å². The van der Waals surface area contributed by atoms with E-state index in [9.17, 15) is 9.59 Å². The van der Waals surface area contributed by atoms with Crippen molar-refractivity contribution in [3.8, 4) is 11.5 Å². The summed E-state index contributed by atoms with van der Waals surface area (Å²) in [6, 6.07) is 3.57. The highest BCUT2D eigenvalue weighted by atomic mass is 79.9. The van der Waals surface area contributed by atoms with Crippen molar-refractivity contribution in [1.82, 2.24) is 5.01 Å². The van der Waals surface area contributed by atoms with Gasteiger partial charge in [-0.2, -0.15) is 10.1 Å². The van der Waals surface area contributed by atoms with Gasteiger partial charge in [0.15, 0.2) is 11.5 Å². The van der Waals surface area contributed by atoms with Gasteiger partial charge < -0.3 is 9.47 Å². The third kappa shape index (κ3) is 3.15. The monoisotopic (exact) mass is 446 g/mol. The molecule has 6 nitrogen and oxygen atoms in total. The molecule has 2 amide bonds. The van der Waals surface area contributed by atoms with Crippen molar-refractivity contribution >= 4 is 34.0 Å². The van der Waals surface area contributed by atoms with E-state index in [1.807, 2.05) is 20.8 Å². The summed E-state index contributed by atoms with van der Waals surface area (Å²) in [4.78, 5) is 25.5. The summed E-state index contributed by atoms with van der Waals surface area (Å²) in [5, 5.41) is 5.27. The number of amides is 2. The summed E-state index contributed by atoms with van der Waals surface area (Å²) in [6.45, 7) is 5.87. The van der Waals surface area contributed by atoms with Crippen LogP contribution in [0, 0.1) is 23.7 Å². The van der Waals surface area contributed by atoms with Gasteiger partial charge in [0.1, 0.15) is 5.60 Å². The van der Waals surface area contributed by atoms with E-state index >= 15 is 0 Å². The number of halogens is 1. The maximum Gasteiger partial charge on any atom is 0.254 e. The average molecular weight is 447 g/mol. The molecule has 1 aliphatic heterocycles. The third-order valence-corrected chi connectivity index (χ3v) is 6.15. The maximum absolute atomic E-state index is 12.7. The molecule has 2 aliphatic carbocycles. The highest BCUT2D eigenvalue weighted by Crippen LogP contribution is 2.52. The first kappa shape index (κ1) is 19.2. The lowest BCUT2D eigenvalue weighted by atomic mass is 9.85. The number of benzene rings is 1. The number of hydrogen-bond acceptors (Lipinski definition) is 5. The molecule has 1 aromatic carbocycles. The molecule has 1 heterocycles. The minimum atomic E-state index is -0.373. The van der Waals surface area contributed by atoms with Gasteiger partial charge in [-0.05, 0) is 67.1 Å². The molecule has 0 N–H and O–H groups in total. The van der Waals surface area contributed by atoms with Gasteiger partial charge >= 0.3 is 0 Å². The minimum Gasteiger partial charge on any atom is -0.493 e. The van der Waals surface area contributed by atoms with Crippen LogP contribution < -0.4 is 9.47 Å². The van der Waals surface area contributed by atoms with E-state index in [-0.39, 0.29) is 41.1 Å².